The van der Waals surface area contributed by atoms with Crippen molar-refractivity contribution in [2.75, 3.05) is 46.5 Å². The summed E-state index contributed by atoms with van der Waals surface area (Å²) in [5.74, 6) is 1.05. The number of hydrogen-bond acceptors (Lipinski definition) is 6. The van der Waals surface area contributed by atoms with Gasteiger partial charge in [0.25, 0.3) is 5.91 Å². The molecule has 3 heterocycles. The van der Waals surface area contributed by atoms with Gasteiger partial charge in [0.15, 0.2) is 0 Å². The van der Waals surface area contributed by atoms with E-state index in [1.807, 2.05) is 19.2 Å². The number of allylic oxidation sites excluding steroid dienone is 2. The lowest BCUT2D eigenvalue weighted by atomic mass is 9.93. The summed E-state index contributed by atoms with van der Waals surface area (Å²) in [7, 11) is 2.15. The number of aromatic nitrogens is 1. The molecule has 34 heavy (non-hydrogen) atoms. The van der Waals surface area contributed by atoms with Gasteiger partial charge in [-0.1, -0.05) is 13.0 Å². The lowest BCUT2D eigenvalue weighted by molar-refractivity contribution is 0.0254. The van der Waals surface area contributed by atoms with Crippen LogP contribution in [0.2, 0.25) is 0 Å². The van der Waals surface area contributed by atoms with Gasteiger partial charge < -0.3 is 24.4 Å². The highest BCUT2D eigenvalue weighted by Gasteiger charge is 2.34. The first-order valence-corrected chi connectivity index (χ1v) is 13.0. The van der Waals surface area contributed by atoms with Crippen molar-refractivity contribution in [1.29, 1.82) is 0 Å². The molecule has 0 bridgehead atoms. The largest absolute Gasteiger partial charge is 0.472 e. The zero-order chi connectivity index (χ0) is 24.1. The van der Waals surface area contributed by atoms with Crippen LogP contribution in [0.3, 0.4) is 0 Å². The van der Waals surface area contributed by atoms with Crippen molar-refractivity contribution in [3.05, 3.63) is 29.5 Å². The Bertz CT molecular complexity index is 867. The Kier molecular flexibility index (Phi) is 8.61. The van der Waals surface area contributed by atoms with Gasteiger partial charge in [-0.25, -0.2) is 4.98 Å². The zero-order valence-electron chi connectivity index (χ0n) is 21.0. The Hall–Kier alpha value is -1.96. The van der Waals surface area contributed by atoms with Crippen molar-refractivity contribution in [3.63, 3.8) is 0 Å². The zero-order valence-corrected chi connectivity index (χ0v) is 21.0. The molecule has 1 aromatic rings. The average Bonchev–Trinajstić information content (AvgIpc) is 2.86. The molecule has 0 aromatic carbocycles. The molecule has 3 atom stereocenters. The van der Waals surface area contributed by atoms with Crippen LogP contribution in [0.25, 0.3) is 5.57 Å². The van der Waals surface area contributed by atoms with E-state index in [0.29, 0.717) is 23.9 Å². The quantitative estimate of drug-likeness (QED) is 0.655. The molecule has 0 radical (unpaired) electrons. The van der Waals surface area contributed by atoms with Gasteiger partial charge >= 0.3 is 0 Å². The average molecular weight is 472 g/mol. The number of rotatable bonds is 7. The van der Waals surface area contributed by atoms with Crippen LogP contribution in [0, 0.1) is 11.8 Å². The number of ether oxygens (including phenoxy) is 2. The molecule has 0 unspecified atom stereocenters. The first-order valence-electron chi connectivity index (χ1n) is 13.0. The van der Waals surface area contributed by atoms with Gasteiger partial charge in [-0.3, -0.25) is 4.79 Å². The third-order valence-corrected chi connectivity index (χ3v) is 7.59. The molecule has 2 aliphatic heterocycles. The summed E-state index contributed by atoms with van der Waals surface area (Å²) in [5, 5.41) is 9.88. The molecular formula is C27H41N3O4. The highest BCUT2D eigenvalue weighted by molar-refractivity contribution is 5.97. The minimum absolute atomic E-state index is 0.0682. The van der Waals surface area contributed by atoms with Gasteiger partial charge in [0.1, 0.15) is 11.7 Å². The minimum atomic E-state index is -0.265. The Morgan fingerprint density at radius 1 is 1.26 bits per heavy atom. The first kappa shape index (κ1) is 25.1. The Balaban J connectivity index is 1.59. The van der Waals surface area contributed by atoms with Crippen LogP contribution in [0.15, 0.2) is 18.3 Å². The van der Waals surface area contributed by atoms with E-state index in [-0.39, 0.29) is 30.6 Å². The Labute approximate surface area is 204 Å². The molecule has 1 saturated heterocycles. The number of carbonyl (C=O) groups is 1. The van der Waals surface area contributed by atoms with E-state index in [0.717, 1.165) is 57.6 Å². The smallest absolute Gasteiger partial charge is 0.259 e. The van der Waals surface area contributed by atoms with E-state index in [4.69, 9.17) is 9.47 Å². The van der Waals surface area contributed by atoms with E-state index in [2.05, 4.69) is 29.9 Å². The monoisotopic (exact) mass is 471 g/mol. The van der Waals surface area contributed by atoms with E-state index in [1.165, 1.54) is 18.4 Å². The number of aliphatic hydroxyl groups excluding tert-OH is 1. The van der Waals surface area contributed by atoms with Crippen LogP contribution in [0.5, 0.6) is 5.88 Å². The van der Waals surface area contributed by atoms with Gasteiger partial charge in [0, 0.05) is 45.0 Å². The molecule has 0 saturated carbocycles. The fraction of sp³-hybridized carbons (Fsp3) is 0.704. The predicted molar refractivity (Wildman–Crippen MR) is 133 cm³/mol. The molecule has 1 amide bonds. The molecule has 1 N–H and O–H groups in total. The van der Waals surface area contributed by atoms with Crippen LogP contribution in [-0.4, -0.2) is 84.4 Å². The summed E-state index contributed by atoms with van der Waals surface area (Å²) < 4.78 is 12.0. The number of pyridine rings is 1. The van der Waals surface area contributed by atoms with Crippen LogP contribution >= 0.6 is 0 Å². The molecule has 188 valence electrons. The number of aliphatic hydroxyl groups is 1. The predicted octanol–water partition coefficient (Wildman–Crippen LogP) is 3.62. The third-order valence-electron chi connectivity index (χ3n) is 7.59. The number of carbonyl (C=O) groups excluding carboxylic acids is 1. The van der Waals surface area contributed by atoms with Crippen LogP contribution in [0.1, 0.15) is 68.3 Å². The first-order chi connectivity index (χ1) is 16.5. The summed E-state index contributed by atoms with van der Waals surface area (Å²) in [5.41, 5.74) is 2.78. The van der Waals surface area contributed by atoms with Gasteiger partial charge in [0.2, 0.25) is 5.88 Å². The van der Waals surface area contributed by atoms with E-state index in [9.17, 15) is 9.90 Å². The normalized spacial score (nSPS) is 25.3. The van der Waals surface area contributed by atoms with Crippen LogP contribution in [-0.2, 0) is 4.74 Å². The minimum Gasteiger partial charge on any atom is -0.472 e. The topological polar surface area (TPSA) is 75.1 Å². The lowest BCUT2D eigenvalue weighted by Crippen LogP contribution is -2.50. The summed E-state index contributed by atoms with van der Waals surface area (Å²) in [6.07, 6.45) is 10.7. The molecule has 1 aromatic heterocycles. The molecular weight excluding hydrogens is 430 g/mol. The van der Waals surface area contributed by atoms with Gasteiger partial charge in [-0.2, -0.15) is 0 Å². The second kappa shape index (κ2) is 11.6. The molecule has 4 rings (SSSR count). The van der Waals surface area contributed by atoms with Gasteiger partial charge in [-0.05, 0) is 75.6 Å². The highest BCUT2D eigenvalue weighted by atomic mass is 16.5. The summed E-state index contributed by atoms with van der Waals surface area (Å²) in [4.78, 5) is 22.4. The molecule has 0 spiro atoms. The maximum atomic E-state index is 13.6. The Morgan fingerprint density at radius 3 is 2.76 bits per heavy atom. The van der Waals surface area contributed by atoms with Crippen molar-refractivity contribution >= 4 is 11.5 Å². The highest BCUT2D eigenvalue weighted by Crippen LogP contribution is 2.32. The SMILES string of the molecule is C[C@@H]1CN([C@@H](C)CO)C(=O)c2cc(C3=CCCCC3)cnc2O[C@H]1CN(C)CC1CCOCC1. The van der Waals surface area contributed by atoms with E-state index >= 15 is 0 Å². The second-order valence-corrected chi connectivity index (χ2v) is 10.5. The summed E-state index contributed by atoms with van der Waals surface area (Å²) >= 11 is 0. The van der Waals surface area contributed by atoms with Gasteiger partial charge in [0.05, 0.1) is 12.6 Å². The van der Waals surface area contributed by atoms with Crippen LogP contribution in [0.4, 0.5) is 0 Å². The van der Waals surface area contributed by atoms with Crippen molar-refractivity contribution in [2.45, 2.75) is 64.5 Å². The maximum absolute atomic E-state index is 13.6. The third kappa shape index (κ3) is 5.99. The number of fused-ring (bicyclic) bond motifs is 1. The molecule has 3 aliphatic rings. The van der Waals surface area contributed by atoms with Gasteiger partial charge in [-0.15, -0.1) is 0 Å². The molecule has 1 fully saturated rings. The van der Waals surface area contributed by atoms with Crippen molar-refractivity contribution in [2.24, 2.45) is 11.8 Å². The fourth-order valence-corrected chi connectivity index (χ4v) is 5.35. The number of hydrogen-bond donors (Lipinski definition) is 1. The van der Waals surface area contributed by atoms with E-state index < -0.39 is 0 Å². The molecule has 7 nitrogen and oxygen atoms in total. The summed E-state index contributed by atoms with van der Waals surface area (Å²) in [6, 6.07) is 1.69. The summed E-state index contributed by atoms with van der Waals surface area (Å²) in [6.45, 7) is 7.98. The fourth-order valence-electron chi connectivity index (χ4n) is 5.35. The van der Waals surface area contributed by atoms with Crippen LogP contribution < -0.4 is 4.74 Å². The van der Waals surface area contributed by atoms with Crippen molar-refractivity contribution in [1.82, 2.24) is 14.8 Å². The van der Waals surface area contributed by atoms with Crippen molar-refractivity contribution in [3.8, 4) is 5.88 Å². The molecule has 7 heteroatoms. The standard InChI is InChI=1S/C27H41N3O4/c1-19-15-30(20(2)18-31)27(32)24-13-23(22-7-5-4-6-8-22)14-28-26(24)34-25(19)17-29(3)16-21-9-11-33-12-10-21/h7,13-14,19-21,25,31H,4-6,8-12,15-18H2,1-3H3/t19-,20+,25+/m1/s1. The number of amides is 1. The lowest BCUT2D eigenvalue weighted by Gasteiger charge is -2.38. The number of nitrogens with zero attached hydrogens (tertiary/aromatic N) is 3. The second-order valence-electron chi connectivity index (χ2n) is 10.5. The number of likely N-dealkylation sites (N-methyl/N-ethyl adjacent to an activating group) is 1. The Morgan fingerprint density at radius 2 is 2.06 bits per heavy atom. The van der Waals surface area contributed by atoms with Crippen molar-refractivity contribution < 1.29 is 19.4 Å². The van der Waals surface area contributed by atoms with E-state index in [1.54, 1.807) is 4.90 Å². The maximum Gasteiger partial charge on any atom is 0.259 e. The molecule has 1 aliphatic carbocycles.